The predicted molar refractivity (Wildman–Crippen MR) is 61.8 cm³/mol. The van der Waals surface area contributed by atoms with Gasteiger partial charge in [0.2, 0.25) is 0 Å². The van der Waals surface area contributed by atoms with Gasteiger partial charge < -0.3 is 5.32 Å². The number of hydrogen-bond donors (Lipinski definition) is 1. The predicted octanol–water partition coefficient (Wildman–Crippen LogP) is 0.918. The summed E-state index contributed by atoms with van der Waals surface area (Å²) < 4.78 is 0. The van der Waals surface area contributed by atoms with Crippen LogP contribution >= 0.6 is 0 Å². The molecule has 3 nitrogen and oxygen atoms in total. The number of rotatable bonds is 3. The third kappa shape index (κ3) is 3.01. The highest BCUT2D eigenvalue weighted by atomic mass is 15.2. The van der Waals surface area contributed by atoms with Crippen molar-refractivity contribution in [2.45, 2.75) is 19.4 Å². The van der Waals surface area contributed by atoms with Gasteiger partial charge in [0.15, 0.2) is 0 Å². The van der Waals surface area contributed by atoms with Crippen molar-refractivity contribution in [3.8, 4) is 0 Å². The fraction of sp³-hybridized carbons (Fsp3) is 0.583. The van der Waals surface area contributed by atoms with Crippen molar-refractivity contribution in [1.82, 2.24) is 15.2 Å². The van der Waals surface area contributed by atoms with Gasteiger partial charge in [-0.05, 0) is 19.1 Å². The molecule has 0 aromatic carbocycles. The van der Waals surface area contributed by atoms with E-state index in [0.717, 1.165) is 32.6 Å². The topological polar surface area (TPSA) is 28.2 Å². The minimum atomic E-state index is 0.655. The summed E-state index contributed by atoms with van der Waals surface area (Å²) in [4.78, 5) is 6.88. The normalized spacial score (nSPS) is 22.9. The van der Waals surface area contributed by atoms with Crippen molar-refractivity contribution in [3.63, 3.8) is 0 Å². The molecular weight excluding hydrogens is 186 g/mol. The zero-order chi connectivity index (χ0) is 10.5. The first-order chi connectivity index (χ1) is 7.36. The lowest BCUT2D eigenvalue weighted by Gasteiger charge is -2.33. The maximum absolute atomic E-state index is 4.35. The molecule has 0 radical (unpaired) electrons. The summed E-state index contributed by atoms with van der Waals surface area (Å²) in [5.41, 5.74) is 1.20. The van der Waals surface area contributed by atoms with Crippen LogP contribution < -0.4 is 5.32 Å². The van der Waals surface area contributed by atoms with Crippen LogP contribution in [0.4, 0.5) is 0 Å². The standard InChI is InChI=1S/C12H19N3/c1-11-10-13-7-9-15(11)8-5-12-4-2-3-6-14-12/h2-4,6,11,13H,5,7-10H2,1H3/t11-/m1/s1. The molecule has 0 bridgehead atoms. The molecule has 0 amide bonds. The fourth-order valence-corrected chi connectivity index (χ4v) is 2.02. The van der Waals surface area contributed by atoms with Crippen LogP contribution in [0.25, 0.3) is 0 Å². The molecule has 1 fully saturated rings. The summed E-state index contributed by atoms with van der Waals surface area (Å²) in [5.74, 6) is 0. The molecule has 0 saturated carbocycles. The molecular formula is C12H19N3. The van der Waals surface area contributed by atoms with Gasteiger partial charge in [0.1, 0.15) is 0 Å². The molecule has 1 atom stereocenters. The summed E-state index contributed by atoms with van der Waals surface area (Å²) in [6.45, 7) is 6.80. The first-order valence-corrected chi connectivity index (χ1v) is 5.71. The summed E-state index contributed by atoms with van der Waals surface area (Å²) >= 11 is 0. The summed E-state index contributed by atoms with van der Waals surface area (Å²) in [6.07, 6.45) is 2.93. The van der Waals surface area contributed by atoms with Gasteiger partial charge in [-0.25, -0.2) is 0 Å². The van der Waals surface area contributed by atoms with Crippen molar-refractivity contribution in [1.29, 1.82) is 0 Å². The van der Waals surface area contributed by atoms with E-state index in [9.17, 15) is 0 Å². The van der Waals surface area contributed by atoms with Gasteiger partial charge in [0.25, 0.3) is 0 Å². The van der Waals surface area contributed by atoms with Crippen molar-refractivity contribution < 1.29 is 0 Å². The fourth-order valence-electron chi connectivity index (χ4n) is 2.02. The van der Waals surface area contributed by atoms with Crippen LogP contribution in [-0.2, 0) is 6.42 Å². The van der Waals surface area contributed by atoms with Crippen LogP contribution in [0.1, 0.15) is 12.6 Å². The van der Waals surface area contributed by atoms with Crippen LogP contribution in [0.3, 0.4) is 0 Å². The van der Waals surface area contributed by atoms with E-state index < -0.39 is 0 Å². The quantitative estimate of drug-likeness (QED) is 0.795. The Morgan fingerprint density at radius 3 is 3.20 bits per heavy atom. The second kappa shape index (κ2) is 5.24. The van der Waals surface area contributed by atoms with Gasteiger partial charge >= 0.3 is 0 Å². The summed E-state index contributed by atoms with van der Waals surface area (Å²) in [6, 6.07) is 6.79. The maximum Gasteiger partial charge on any atom is 0.0416 e. The molecule has 0 aliphatic carbocycles. The molecule has 3 heteroatoms. The Morgan fingerprint density at radius 1 is 1.53 bits per heavy atom. The van der Waals surface area contributed by atoms with Crippen LogP contribution in [0.15, 0.2) is 24.4 Å². The van der Waals surface area contributed by atoms with Crippen molar-refractivity contribution in [2.75, 3.05) is 26.2 Å². The van der Waals surface area contributed by atoms with E-state index in [1.165, 1.54) is 5.69 Å². The van der Waals surface area contributed by atoms with Crippen LogP contribution in [0.2, 0.25) is 0 Å². The van der Waals surface area contributed by atoms with Gasteiger partial charge in [-0.15, -0.1) is 0 Å². The lowest BCUT2D eigenvalue weighted by molar-refractivity contribution is 0.175. The highest BCUT2D eigenvalue weighted by Gasteiger charge is 2.16. The Bertz CT molecular complexity index is 286. The van der Waals surface area contributed by atoms with Crippen LogP contribution in [0.5, 0.6) is 0 Å². The zero-order valence-corrected chi connectivity index (χ0v) is 9.32. The number of pyridine rings is 1. The first kappa shape index (κ1) is 10.6. The van der Waals surface area contributed by atoms with Gasteiger partial charge in [-0.2, -0.15) is 0 Å². The molecule has 2 heterocycles. The lowest BCUT2D eigenvalue weighted by atomic mass is 10.2. The van der Waals surface area contributed by atoms with Crippen LogP contribution in [-0.4, -0.2) is 42.1 Å². The molecule has 1 aromatic heterocycles. The summed E-state index contributed by atoms with van der Waals surface area (Å²) in [7, 11) is 0. The number of piperazine rings is 1. The third-order valence-corrected chi connectivity index (χ3v) is 3.02. The highest BCUT2D eigenvalue weighted by Crippen LogP contribution is 2.04. The Morgan fingerprint density at radius 2 is 2.47 bits per heavy atom. The van der Waals surface area contributed by atoms with E-state index in [0.29, 0.717) is 6.04 Å². The minimum absolute atomic E-state index is 0.655. The summed E-state index contributed by atoms with van der Waals surface area (Å²) in [5, 5.41) is 3.41. The van der Waals surface area contributed by atoms with Crippen molar-refractivity contribution in [3.05, 3.63) is 30.1 Å². The van der Waals surface area contributed by atoms with Gasteiger partial charge in [-0.3, -0.25) is 9.88 Å². The van der Waals surface area contributed by atoms with Gasteiger partial charge in [-0.1, -0.05) is 6.07 Å². The number of nitrogens with one attached hydrogen (secondary N) is 1. The van der Waals surface area contributed by atoms with E-state index in [1.54, 1.807) is 0 Å². The Balaban J connectivity index is 1.82. The van der Waals surface area contributed by atoms with Gasteiger partial charge in [0, 0.05) is 50.5 Å². The third-order valence-electron chi connectivity index (χ3n) is 3.02. The van der Waals surface area contributed by atoms with E-state index in [-0.39, 0.29) is 0 Å². The molecule has 1 N–H and O–H groups in total. The monoisotopic (exact) mass is 205 g/mol. The van der Waals surface area contributed by atoms with Gasteiger partial charge in [0.05, 0.1) is 0 Å². The largest absolute Gasteiger partial charge is 0.314 e. The van der Waals surface area contributed by atoms with E-state index in [2.05, 4.69) is 34.3 Å². The maximum atomic E-state index is 4.35. The molecule has 1 aliphatic rings. The minimum Gasteiger partial charge on any atom is -0.314 e. The average Bonchev–Trinajstić information content (AvgIpc) is 2.29. The molecule has 15 heavy (non-hydrogen) atoms. The average molecular weight is 205 g/mol. The van der Waals surface area contributed by atoms with Crippen molar-refractivity contribution >= 4 is 0 Å². The van der Waals surface area contributed by atoms with E-state index in [4.69, 9.17) is 0 Å². The van der Waals surface area contributed by atoms with Crippen LogP contribution in [0, 0.1) is 0 Å². The Kier molecular flexibility index (Phi) is 3.69. The zero-order valence-electron chi connectivity index (χ0n) is 9.32. The first-order valence-electron chi connectivity index (χ1n) is 5.71. The highest BCUT2D eigenvalue weighted by molar-refractivity contribution is 5.03. The number of aromatic nitrogens is 1. The SMILES string of the molecule is C[C@@H]1CNCCN1CCc1ccccn1. The lowest BCUT2D eigenvalue weighted by Crippen LogP contribution is -2.50. The Hall–Kier alpha value is -0.930. The second-order valence-corrected chi connectivity index (χ2v) is 4.16. The molecule has 0 spiro atoms. The molecule has 0 unspecified atom stereocenters. The smallest absolute Gasteiger partial charge is 0.0416 e. The van der Waals surface area contributed by atoms with Crippen molar-refractivity contribution in [2.24, 2.45) is 0 Å². The molecule has 1 aliphatic heterocycles. The number of hydrogen-bond acceptors (Lipinski definition) is 3. The molecule has 82 valence electrons. The Labute approximate surface area is 91.5 Å². The van der Waals surface area contributed by atoms with E-state index >= 15 is 0 Å². The molecule has 1 aromatic rings. The molecule has 2 rings (SSSR count). The second-order valence-electron chi connectivity index (χ2n) is 4.16. The molecule has 1 saturated heterocycles. The number of nitrogens with zero attached hydrogens (tertiary/aromatic N) is 2. The van der Waals surface area contributed by atoms with E-state index in [1.807, 2.05) is 12.3 Å².